The molecule has 0 saturated heterocycles. The van der Waals surface area contributed by atoms with Gasteiger partial charge in [0, 0.05) is 6.54 Å². The maximum atomic E-state index is 13.3. The van der Waals surface area contributed by atoms with E-state index in [4.69, 9.17) is 9.47 Å². The number of alkyl carbamates (subject to hydrolysis) is 1. The molecule has 2 aromatic rings. The van der Waals surface area contributed by atoms with Gasteiger partial charge in [0.25, 0.3) is 5.91 Å². The van der Waals surface area contributed by atoms with Gasteiger partial charge in [-0.05, 0) is 43.7 Å². The van der Waals surface area contributed by atoms with E-state index in [9.17, 15) is 14.9 Å². The summed E-state index contributed by atoms with van der Waals surface area (Å²) in [4.78, 5) is 25.8. The smallest absolute Gasteiger partial charge is 0.408 e. The second-order valence-corrected chi connectivity index (χ2v) is 8.16. The van der Waals surface area contributed by atoms with Gasteiger partial charge in [0.1, 0.15) is 6.07 Å². The molecule has 32 heavy (non-hydrogen) atoms. The van der Waals surface area contributed by atoms with E-state index in [0.717, 1.165) is 30.4 Å². The molecule has 0 aliphatic heterocycles. The van der Waals surface area contributed by atoms with Gasteiger partial charge in [-0.3, -0.25) is 4.79 Å². The van der Waals surface area contributed by atoms with E-state index in [1.54, 1.807) is 0 Å². The van der Waals surface area contributed by atoms with Gasteiger partial charge in [-0.1, -0.05) is 67.1 Å². The Balaban J connectivity index is 1.64. The van der Waals surface area contributed by atoms with Gasteiger partial charge >= 0.3 is 6.09 Å². The number of carbonyl (C=O) groups is 2. The fourth-order valence-corrected chi connectivity index (χ4v) is 3.71. The average Bonchev–Trinajstić information content (AvgIpc) is 2.83. The molecule has 2 N–H and O–H groups in total. The Kier molecular flexibility index (Phi) is 7.85. The summed E-state index contributed by atoms with van der Waals surface area (Å²) in [6.07, 6.45) is 2.62. The Hall–Kier alpha value is -3.37. The predicted octanol–water partition coefficient (Wildman–Crippen LogP) is 4.19. The fourth-order valence-electron chi connectivity index (χ4n) is 3.71. The first kappa shape index (κ1) is 23.3. The van der Waals surface area contributed by atoms with Crippen molar-refractivity contribution in [2.24, 2.45) is 0 Å². The van der Waals surface area contributed by atoms with Crippen LogP contribution < -0.4 is 10.6 Å². The maximum absolute atomic E-state index is 13.3. The normalized spacial score (nSPS) is 16.8. The molecule has 1 fully saturated rings. The van der Waals surface area contributed by atoms with Crippen LogP contribution in [0.1, 0.15) is 50.2 Å². The Morgan fingerprint density at radius 1 is 1.00 bits per heavy atom. The maximum Gasteiger partial charge on any atom is 0.408 e. The molecule has 0 radical (unpaired) electrons. The topological polar surface area (TPSA) is 100 Å². The van der Waals surface area contributed by atoms with Crippen LogP contribution in [0.5, 0.6) is 0 Å². The summed E-state index contributed by atoms with van der Waals surface area (Å²) in [6.45, 7) is 1.96. The second kappa shape index (κ2) is 10.8. The highest BCUT2D eigenvalue weighted by molar-refractivity contribution is 5.88. The molecule has 0 spiro atoms. The van der Waals surface area contributed by atoms with Crippen LogP contribution in [0, 0.1) is 11.3 Å². The molecule has 2 aromatic carbocycles. The van der Waals surface area contributed by atoms with E-state index in [2.05, 4.69) is 10.6 Å². The van der Waals surface area contributed by atoms with Crippen molar-refractivity contribution in [2.45, 2.75) is 63.5 Å². The number of benzene rings is 2. The van der Waals surface area contributed by atoms with Crippen molar-refractivity contribution in [1.82, 2.24) is 10.6 Å². The van der Waals surface area contributed by atoms with Gasteiger partial charge in [0.2, 0.25) is 5.72 Å². The molecule has 1 aliphatic carbocycles. The number of nitrogens with zero attached hydrogens (tertiary/aromatic N) is 1. The van der Waals surface area contributed by atoms with Crippen LogP contribution in [-0.2, 0) is 27.4 Å². The van der Waals surface area contributed by atoms with Gasteiger partial charge in [-0.2, -0.15) is 5.26 Å². The Morgan fingerprint density at radius 2 is 1.59 bits per heavy atom. The van der Waals surface area contributed by atoms with Gasteiger partial charge < -0.3 is 20.1 Å². The first-order valence-electron chi connectivity index (χ1n) is 10.9. The molecular weight excluding hydrogens is 406 g/mol. The number of nitrogens with one attached hydrogen (secondary N) is 2. The Labute approximate surface area is 188 Å². The van der Waals surface area contributed by atoms with Crippen molar-refractivity contribution < 1.29 is 19.1 Å². The minimum atomic E-state index is -1.55. The predicted molar refractivity (Wildman–Crippen MR) is 119 cm³/mol. The average molecular weight is 436 g/mol. The molecule has 1 unspecified atom stereocenters. The summed E-state index contributed by atoms with van der Waals surface area (Å²) in [6, 6.07) is 20.9. The van der Waals surface area contributed by atoms with Gasteiger partial charge in [0.15, 0.2) is 5.60 Å². The number of carbonyl (C=O) groups excluding carboxylic acids is 2. The van der Waals surface area contributed by atoms with Crippen molar-refractivity contribution in [2.75, 3.05) is 0 Å². The van der Waals surface area contributed by atoms with Crippen LogP contribution in [0.3, 0.4) is 0 Å². The molecule has 2 amide bonds. The van der Waals surface area contributed by atoms with E-state index in [1.807, 2.05) is 66.7 Å². The Bertz CT molecular complexity index is 937. The molecular formula is C25H29N3O4. The number of ether oxygens (including phenoxy) is 2. The summed E-state index contributed by atoms with van der Waals surface area (Å²) in [5, 5.41) is 15.1. The third kappa shape index (κ3) is 6.32. The third-order valence-corrected chi connectivity index (χ3v) is 5.58. The van der Waals surface area contributed by atoms with Crippen LogP contribution in [0.25, 0.3) is 0 Å². The Morgan fingerprint density at radius 3 is 2.19 bits per heavy atom. The van der Waals surface area contributed by atoms with E-state index < -0.39 is 23.3 Å². The molecule has 0 aromatic heterocycles. The largest absolute Gasteiger partial charge is 0.433 e. The highest BCUT2D eigenvalue weighted by atomic mass is 16.6. The van der Waals surface area contributed by atoms with Gasteiger partial charge in [-0.25, -0.2) is 4.79 Å². The number of rotatable bonds is 8. The summed E-state index contributed by atoms with van der Waals surface area (Å²) in [7, 11) is 0. The minimum Gasteiger partial charge on any atom is -0.433 e. The lowest BCUT2D eigenvalue weighted by Gasteiger charge is -2.37. The highest BCUT2D eigenvalue weighted by Gasteiger charge is 2.46. The second-order valence-electron chi connectivity index (χ2n) is 8.16. The summed E-state index contributed by atoms with van der Waals surface area (Å²) < 4.78 is 11.4. The number of hydrogen-bond donors (Lipinski definition) is 2. The lowest BCUT2D eigenvalue weighted by molar-refractivity contribution is -0.151. The van der Waals surface area contributed by atoms with Crippen molar-refractivity contribution in [3.63, 3.8) is 0 Å². The third-order valence-electron chi connectivity index (χ3n) is 5.58. The SMILES string of the molecule is CC(C#N)(NC(=O)C1(OC(=O)NCc2ccccc2)CCCCC1)OCc1ccccc1. The van der Waals surface area contributed by atoms with Crippen LogP contribution in [0.2, 0.25) is 0 Å². The van der Waals surface area contributed by atoms with Crippen LogP contribution in [0.15, 0.2) is 60.7 Å². The molecule has 0 bridgehead atoms. The number of amides is 2. The van der Waals surface area contributed by atoms with Crippen LogP contribution in [0.4, 0.5) is 4.79 Å². The summed E-state index contributed by atoms with van der Waals surface area (Å²) in [5.74, 6) is -0.510. The van der Waals surface area contributed by atoms with E-state index in [0.29, 0.717) is 19.4 Å². The van der Waals surface area contributed by atoms with E-state index in [1.165, 1.54) is 6.92 Å². The molecule has 0 heterocycles. The molecule has 7 heteroatoms. The van der Waals surface area contributed by atoms with Crippen LogP contribution >= 0.6 is 0 Å². The molecule has 1 aliphatic rings. The standard InChI is InChI=1S/C25H29N3O4/c1-24(19-26,31-18-21-13-7-3-8-14-21)28-22(29)25(15-9-4-10-16-25)32-23(30)27-17-20-11-5-2-6-12-20/h2-3,5-8,11-14H,4,9-10,15-18H2,1H3,(H,27,30)(H,28,29). The highest BCUT2D eigenvalue weighted by Crippen LogP contribution is 2.33. The monoisotopic (exact) mass is 435 g/mol. The zero-order valence-electron chi connectivity index (χ0n) is 18.3. The fraction of sp³-hybridized carbons (Fsp3) is 0.400. The number of nitriles is 1. The van der Waals surface area contributed by atoms with Gasteiger partial charge in [-0.15, -0.1) is 0 Å². The molecule has 3 rings (SSSR count). The quantitative estimate of drug-likeness (QED) is 0.606. The van der Waals surface area contributed by atoms with Crippen molar-refractivity contribution in [3.05, 3.63) is 71.8 Å². The molecule has 1 saturated carbocycles. The van der Waals surface area contributed by atoms with Crippen molar-refractivity contribution >= 4 is 12.0 Å². The molecule has 1 atom stereocenters. The van der Waals surface area contributed by atoms with Crippen LogP contribution in [-0.4, -0.2) is 23.3 Å². The van der Waals surface area contributed by atoms with Crippen molar-refractivity contribution in [1.29, 1.82) is 5.26 Å². The van der Waals surface area contributed by atoms with Crippen molar-refractivity contribution in [3.8, 4) is 6.07 Å². The summed E-state index contributed by atoms with van der Waals surface area (Å²) >= 11 is 0. The molecule has 7 nitrogen and oxygen atoms in total. The lowest BCUT2D eigenvalue weighted by atomic mass is 9.83. The zero-order chi connectivity index (χ0) is 22.9. The molecule has 168 valence electrons. The zero-order valence-corrected chi connectivity index (χ0v) is 18.3. The first-order chi connectivity index (χ1) is 15.4. The minimum absolute atomic E-state index is 0.163. The van der Waals surface area contributed by atoms with E-state index in [-0.39, 0.29) is 6.61 Å². The summed E-state index contributed by atoms with van der Waals surface area (Å²) in [5.41, 5.74) is -1.07. The van der Waals surface area contributed by atoms with E-state index >= 15 is 0 Å². The number of hydrogen-bond acceptors (Lipinski definition) is 5. The lowest BCUT2D eigenvalue weighted by Crippen LogP contribution is -2.58. The van der Waals surface area contributed by atoms with Gasteiger partial charge in [0.05, 0.1) is 6.61 Å². The first-order valence-corrected chi connectivity index (χ1v) is 10.9.